The van der Waals surface area contributed by atoms with Crippen molar-refractivity contribution in [3.05, 3.63) is 35.4 Å². The summed E-state index contributed by atoms with van der Waals surface area (Å²) in [4.78, 5) is 0. The average molecular weight is 216 g/mol. The van der Waals surface area contributed by atoms with Crippen molar-refractivity contribution in [2.75, 3.05) is 6.54 Å². The summed E-state index contributed by atoms with van der Waals surface area (Å²) in [7, 11) is 0. The van der Waals surface area contributed by atoms with Crippen LogP contribution in [0.15, 0.2) is 24.3 Å². The molecule has 3 nitrogen and oxygen atoms in total. The predicted molar refractivity (Wildman–Crippen MR) is 61.6 cm³/mol. The standard InChI is InChI=1S/C13H16N2O/c14-7-10-2-1-3-11(6-10)8-15-9-13(16)12-4-5-12/h1-3,6,12-13,15-16H,4-5,8-9H2. The predicted octanol–water partition coefficient (Wildman–Crippen LogP) is 1.42. The number of benzene rings is 1. The van der Waals surface area contributed by atoms with E-state index in [4.69, 9.17) is 5.26 Å². The number of nitriles is 1. The molecule has 3 heteroatoms. The van der Waals surface area contributed by atoms with Gasteiger partial charge in [-0.25, -0.2) is 0 Å². The lowest BCUT2D eigenvalue weighted by atomic mass is 10.1. The van der Waals surface area contributed by atoms with Gasteiger partial charge >= 0.3 is 0 Å². The van der Waals surface area contributed by atoms with Gasteiger partial charge in [0.15, 0.2) is 0 Å². The van der Waals surface area contributed by atoms with E-state index in [0.29, 0.717) is 24.6 Å². The van der Waals surface area contributed by atoms with Crippen LogP contribution in [0.25, 0.3) is 0 Å². The number of nitrogens with zero attached hydrogens (tertiary/aromatic N) is 1. The molecular formula is C13H16N2O. The van der Waals surface area contributed by atoms with Crippen molar-refractivity contribution in [2.45, 2.75) is 25.5 Å². The highest BCUT2D eigenvalue weighted by Crippen LogP contribution is 2.32. The van der Waals surface area contributed by atoms with Crippen LogP contribution in [-0.4, -0.2) is 17.8 Å². The Morgan fingerprint density at radius 3 is 3.00 bits per heavy atom. The van der Waals surface area contributed by atoms with Crippen LogP contribution in [0.4, 0.5) is 0 Å². The van der Waals surface area contributed by atoms with Crippen LogP contribution in [0.3, 0.4) is 0 Å². The third-order valence-corrected chi connectivity index (χ3v) is 2.90. The quantitative estimate of drug-likeness (QED) is 0.782. The molecule has 1 atom stereocenters. The van der Waals surface area contributed by atoms with E-state index in [1.165, 1.54) is 0 Å². The van der Waals surface area contributed by atoms with Crippen molar-refractivity contribution in [3.8, 4) is 6.07 Å². The van der Waals surface area contributed by atoms with Gasteiger partial charge in [-0.2, -0.15) is 5.26 Å². The van der Waals surface area contributed by atoms with Gasteiger partial charge in [0.1, 0.15) is 0 Å². The van der Waals surface area contributed by atoms with E-state index in [9.17, 15) is 5.11 Å². The van der Waals surface area contributed by atoms with Crippen molar-refractivity contribution in [1.29, 1.82) is 5.26 Å². The molecule has 0 bridgehead atoms. The van der Waals surface area contributed by atoms with Gasteiger partial charge in [-0.05, 0) is 36.5 Å². The van der Waals surface area contributed by atoms with E-state index in [2.05, 4.69) is 11.4 Å². The summed E-state index contributed by atoms with van der Waals surface area (Å²) >= 11 is 0. The minimum absolute atomic E-state index is 0.209. The number of aliphatic hydroxyl groups excluding tert-OH is 1. The molecule has 0 heterocycles. The molecule has 2 N–H and O–H groups in total. The first-order valence-corrected chi connectivity index (χ1v) is 5.67. The summed E-state index contributed by atoms with van der Waals surface area (Å²) in [5, 5.41) is 21.6. The summed E-state index contributed by atoms with van der Waals surface area (Å²) in [6.45, 7) is 1.35. The first-order chi connectivity index (χ1) is 7.79. The molecule has 0 radical (unpaired) electrons. The molecule has 1 aromatic carbocycles. The normalized spacial score (nSPS) is 16.8. The van der Waals surface area contributed by atoms with Crippen LogP contribution >= 0.6 is 0 Å². The monoisotopic (exact) mass is 216 g/mol. The Morgan fingerprint density at radius 1 is 1.50 bits per heavy atom. The van der Waals surface area contributed by atoms with Crippen LogP contribution in [0.5, 0.6) is 0 Å². The zero-order valence-corrected chi connectivity index (χ0v) is 9.19. The second-order valence-corrected chi connectivity index (χ2v) is 4.35. The van der Waals surface area contributed by atoms with E-state index in [1.807, 2.05) is 18.2 Å². The molecule has 1 aliphatic carbocycles. The molecule has 1 aliphatic rings. The zero-order valence-electron chi connectivity index (χ0n) is 9.19. The first-order valence-electron chi connectivity index (χ1n) is 5.67. The fourth-order valence-corrected chi connectivity index (χ4v) is 1.76. The van der Waals surface area contributed by atoms with Crippen LogP contribution in [0.2, 0.25) is 0 Å². The van der Waals surface area contributed by atoms with Crippen molar-refractivity contribution >= 4 is 0 Å². The molecule has 1 saturated carbocycles. The van der Waals surface area contributed by atoms with Gasteiger partial charge in [0.25, 0.3) is 0 Å². The number of aliphatic hydroxyl groups is 1. The summed E-state index contributed by atoms with van der Waals surface area (Å²) in [5.74, 6) is 0.512. The van der Waals surface area contributed by atoms with Crippen LogP contribution < -0.4 is 5.32 Å². The number of hydrogen-bond acceptors (Lipinski definition) is 3. The maximum atomic E-state index is 9.65. The van der Waals surface area contributed by atoms with Gasteiger partial charge < -0.3 is 10.4 Å². The molecule has 84 valence electrons. The van der Waals surface area contributed by atoms with Gasteiger partial charge in [-0.15, -0.1) is 0 Å². The highest BCUT2D eigenvalue weighted by atomic mass is 16.3. The summed E-state index contributed by atoms with van der Waals surface area (Å²) in [6, 6.07) is 9.65. The second kappa shape index (κ2) is 5.11. The van der Waals surface area contributed by atoms with Crippen molar-refractivity contribution in [3.63, 3.8) is 0 Å². The molecule has 0 spiro atoms. The zero-order chi connectivity index (χ0) is 11.4. The second-order valence-electron chi connectivity index (χ2n) is 4.35. The molecule has 0 saturated heterocycles. The van der Waals surface area contributed by atoms with Crippen LogP contribution in [0, 0.1) is 17.2 Å². The third-order valence-electron chi connectivity index (χ3n) is 2.90. The summed E-state index contributed by atoms with van der Waals surface area (Å²) < 4.78 is 0. The van der Waals surface area contributed by atoms with Gasteiger partial charge in [0.2, 0.25) is 0 Å². The summed E-state index contributed by atoms with van der Waals surface area (Å²) in [6.07, 6.45) is 2.11. The average Bonchev–Trinajstić information content (AvgIpc) is 3.13. The first kappa shape index (κ1) is 11.1. The SMILES string of the molecule is N#Cc1cccc(CNCC(O)C2CC2)c1. The highest BCUT2D eigenvalue weighted by molar-refractivity contribution is 5.32. The number of hydrogen-bond donors (Lipinski definition) is 2. The molecule has 0 amide bonds. The fourth-order valence-electron chi connectivity index (χ4n) is 1.76. The molecule has 0 aromatic heterocycles. The lowest BCUT2D eigenvalue weighted by Crippen LogP contribution is -2.27. The minimum Gasteiger partial charge on any atom is -0.392 e. The molecule has 2 rings (SSSR count). The maximum Gasteiger partial charge on any atom is 0.0991 e. The largest absolute Gasteiger partial charge is 0.392 e. The van der Waals surface area contributed by atoms with E-state index < -0.39 is 0 Å². The molecule has 1 unspecified atom stereocenters. The lowest BCUT2D eigenvalue weighted by molar-refractivity contribution is 0.148. The minimum atomic E-state index is -0.209. The molecule has 1 fully saturated rings. The summed E-state index contributed by atoms with van der Waals surface area (Å²) in [5.41, 5.74) is 1.77. The fraction of sp³-hybridized carbons (Fsp3) is 0.462. The van der Waals surface area contributed by atoms with Gasteiger partial charge in [-0.3, -0.25) is 0 Å². The third kappa shape index (κ3) is 3.06. The van der Waals surface area contributed by atoms with E-state index in [-0.39, 0.29) is 6.10 Å². The lowest BCUT2D eigenvalue weighted by Gasteiger charge is -2.10. The molecular weight excluding hydrogens is 200 g/mol. The van der Waals surface area contributed by atoms with E-state index in [0.717, 1.165) is 18.4 Å². The van der Waals surface area contributed by atoms with Gasteiger partial charge in [0, 0.05) is 13.1 Å². The van der Waals surface area contributed by atoms with Crippen molar-refractivity contribution < 1.29 is 5.11 Å². The van der Waals surface area contributed by atoms with Crippen LogP contribution in [-0.2, 0) is 6.54 Å². The van der Waals surface area contributed by atoms with Crippen molar-refractivity contribution in [1.82, 2.24) is 5.32 Å². The van der Waals surface area contributed by atoms with Crippen LogP contribution in [0.1, 0.15) is 24.0 Å². The van der Waals surface area contributed by atoms with Gasteiger partial charge in [0.05, 0.1) is 17.7 Å². The molecule has 0 aliphatic heterocycles. The Balaban J connectivity index is 1.78. The van der Waals surface area contributed by atoms with Crippen molar-refractivity contribution in [2.24, 2.45) is 5.92 Å². The Morgan fingerprint density at radius 2 is 2.31 bits per heavy atom. The van der Waals surface area contributed by atoms with E-state index >= 15 is 0 Å². The van der Waals surface area contributed by atoms with E-state index in [1.54, 1.807) is 6.07 Å². The Hall–Kier alpha value is -1.37. The molecule has 1 aromatic rings. The van der Waals surface area contributed by atoms with Gasteiger partial charge in [-0.1, -0.05) is 12.1 Å². The molecule has 16 heavy (non-hydrogen) atoms. The Labute approximate surface area is 95.7 Å². The topological polar surface area (TPSA) is 56.0 Å². The highest BCUT2D eigenvalue weighted by Gasteiger charge is 2.28. The Bertz CT molecular complexity index is 393. The Kier molecular flexibility index (Phi) is 3.55. The number of nitrogens with one attached hydrogen (secondary N) is 1. The smallest absolute Gasteiger partial charge is 0.0991 e. The number of rotatable bonds is 5. The maximum absolute atomic E-state index is 9.65.